The number of amides is 2. The van der Waals surface area contributed by atoms with E-state index in [4.69, 9.17) is 28.4 Å². The summed E-state index contributed by atoms with van der Waals surface area (Å²) in [5.74, 6) is -6.13. The quantitative estimate of drug-likeness (QED) is 0.0200. The van der Waals surface area contributed by atoms with E-state index in [9.17, 15) is 75.7 Å². The third kappa shape index (κ3) is 34.4. The number of allylic oxidation sites excluding steroid dienone is 1. The Morgan fingerprint density at radius 1 is 0.542 bits per heavy atom. The second-order valence-corrected chi connectivity index (χ2v) is 27.9. The molecule has 3 heterocycles. The van der Waals surface area contributed by atoms with E-state index in [-0.39, 0.29) is 12.3 Å². The lowest BCUT2D eigenvalue weighted by Gasteiger charge is -2.50. The van der Waals surface area contributed by atoms with Crippen molar-refractivity contribution in [2.45, 2.75) is 407 Å². The molecule has 564 valence electrons. The summed E-state index contributed by atoms with van der Waals surface area (Å²) in [6.07, 6.45) is 25.3. The average Bonchev–Trinajstić information content (AvgIpc) is 0.758. The van der Waals surface area contributed by atoms with Crippen molar-refractivity contribution >= 4 is 17.8 Å². The van der Waals surface area contributed by atoms with Gasteiger partial charge in [-0.3, -0.25) is 9.59 Å². The van der Waals surface area contributed by atoms with E-state index >= 15 is 0 Å². The number of carboxylic acids is 1. The molecule has 3 fully saturated rings. The highest BCUT2D eigenvalue weighted by molar-refractivity contribution is 5.77. The van der Waals surface area contributed by atoms with Crippen molar-refractivity contribution in [2.75, 3.05) is 26.4 Å². The Bertz CT molecular complexity index is 1980. The summed E-state index contributed by atoms with van der Waals surface area (Å²) in [6.45, 7) is 2.18. The number of unbranched alkanes of at least 4 members (excludes halogenated alkanes) is 39. The predicted molar refractivity (Wildman–Crippen MR) is 366 cm³/mol. The van der Waals surface area contributed by atoms with E-state index in [1.165, 1.54) is 205 Å². The summed E-state index contributed by atoms with van der Waals surface area (Å²) in [7, 11) is 0. The van der Waals surface area contributed by atoms with Crippen molar-refractivity contribution in [2.24, 2.45) is 0 Å². The van der Waals surface area contributed by atoms with E-state index in [2.05, 4.69) is 24.5 Å². The standard InChI is InChI=1S/C73H136N2O21/c1-4-6-8-10-12-14-16-18-20-22-24-26-28-30-32-34-36-38-40-42-44-46-55(80)54(75-60(83)47-45-43-41-39-37-35-33-31-29-27-25-23-21-19-17-15-13-11-9-7-5-2)52-91-70-65(87)64(86)67(59(51-78)93-70)94-71-66(88)69(63(85)58(50-77)92-71)96-73(72(89)90)48-56(81)61(74-53(3)79)68(95-73)62(84)57(82)49-76/h44,46,54-59,61-71,76-78,80-82,84-88H,4-43,45,47-52H2,1-3H3,(H,74,79)(H,75,83)(H,89,90)/b46-44+. The first-order valence-electron chi connectivity index (χ1n) is 38.1. The number of rotatable bonds is 59. The fourth-order valence-electron chi connectivity index (χ4n) is 13.4. The molecule has 0 aromatic rings. The number of hydrogen-bond acceptors (Lipinski definition) is 20. The van der Waals surface area contributed by atoms with Crippen LogP contribution in [-0.4, -0.2) is 215 Å². The van der Waals surface area contributed by atoms with E-state index in [1.54, 1.807) is 6.08 Å². The number of aliphatic hydroxyl groups excluding tert-OH is 11. The van der Waals surface area contributed by atoms with Gasteiger partial charge in [0.2, 0.25) is 11.8 Å². The molecule has 23 nitrogen and oxygen atoms in total. The van der Waals surface area contributed by atoms with Crippen LogP contribution in [0.1, 0.15) is 297 Å². The van der Waals surface area contributed by atoms with Gasteiger partial charge in [-0.25, -0.2) is 4.79 Å². The molecule has 0 aromatic heterocycles. The number of carboxylic acid groups (broad SMARTS) is 1. The lowest BCUT2D eigenvalue weighted by Crippen LogP contribution is -2.70. The predicted octanol–water partition coefficient (Wildman–Crippen LogP) is 8.63. The van der Waals surface area contributed by atoms with Crippen LogP contribution in [0.3, 0.4) is 0 Å². The van der Waals surface area contributed by atoms with Gasteiger partial charge in [0, 0.05) is 19.8 Å². The highest BCUT2D eigenvalue weighted by Gasteiger charge is 2.60. The molecule has 0 aromatic carbocycles. The second-order valence-electron chi connectivity index (χ2n) is 27.9. The van der Waals surface area contributed by atoms with Crippen molar-refractivity contribution in [1.29, 1.82) is 0 Å². The molecule has 0 saturated carbocycles. The molecule has 3 aliphatic heterocycles. The summed E-state index contributed by atoms with van der Waals surface area (Å²) >= 11 is 0. The molecule has 3 saturated heterocycles. The van der Waals surface area contributed by atoms with Crippen molar-refractivity contribution in [3.05, 3.63) is 12.2 Å². The smallest absolute Gasteiger partial charge is 0.364 e. The summed E-state index contributed by atoms with van der Waals surface area (Å²) in [4.78, 5) is 38.6. The third-order valence-electron chi connectivity index (χ3n) is 19.5. The van der Waals surface area contributed by atoms with E-state index in [0.717, 1.165) is 51.9 Å². The van der Waals surface area contributed by atoms with Crippen LogP contribution in [0.2, 0.25) is 0 Å². The number of carbonyl (C=O) groups excluding carboxylic acids is 2. The lowest BCUT2D eigenvalue weighted by atomic mass is 9.88. The maximum absolute atomic E-state index is 13.5. The average molecular weight is 1380 g/mol. The molecule has 0 aliphatic carbocycles. The Balaban J connectivity index is 1.56. The first-order valence-corrected chi connectivity index (χ1v) is 38.1. The molecule has 18 atom stereocenters. The maximum atomic E-state index is 13.5. The third-order valence-corrected chi connectivity index (χ3v) is 19.5. The van der Waals surface area contributed by atoms with Crippen LogP contribution < -0.4 is 10.6 Å². The van der Waals surface area contributed by atoms with Crippen LogP contribution in [0, 0.1) is 0 Å². The Kier molecular flexibility index (Phi) is 48.7. The fourth-order valence-corrected chi connectivity index (χ4v) is 13.4. The summed E-state index contributed by atoms with van der Waals surface area (Å²) in [6, 6.07) is -2.61. The Morgan fingerprint density at radius 3 is 1.39 bits per heavy atom. The Morgan fingerprint density at radius 2 is 0.969 bits per heavy atom. The molecule has 3 aliphatic rings. The van der Waals surface area contributed by atoms with Crippen molar-refractivity contribution in [1.82, 2.24) is 10.6 Å². The highest BCUT2D eigenvalue weighted by Crippen LogP contribution is 2.39. The van der Waals surface area contributed by atoms with Gasteiger partial charge in [-0.15, -0.1) is 0 Å². The summed E-state index contributed by atoms with van der Waals surface area (Å²) in [5.41, 5.74) is 0. The van der Waals surface area contributed by atoms with Crippen LogP contribution in [0.25, 0.3) is 0 Å². The van der Waals surface area contributed by atoms with E-state index in [1.807, 2.05) is 6.08 Å². The van der Waals surface area contributed by atoms with Gasteiger partial charge < -0.3 is 100 Å². The SMILES string of the molecule is CCCCCCCCCCCCCCCCCCCCC/C=C/C(O)C(COC1OC(CO)C(OC2OC(CO)C(O)C(OC3(C(=O)O)CC(O)C(NC(C)=O)C(C(O)C(O)CO)O3)C2O)C(O)C1O)NC(=O)CCCCCCCCCCCCCCCCCCCCCCC. The Hall–Kier alpha value is -2.53. The molecule has 0 bridgehead atoms. The summed E-state index contributed by atoms with van der Waals surface area (Å²) in [5, 5.41) is 136. The number of nitrogens with one attached hydrogen (secondary N) is 2. The normalized spacial score (nSPS) is 27.6. The maximum Gasteiger partial charge on any atom is 0.364 e. The molecular weight excluding hydrogens is 1240 g/mol. The van der Waals surface area contributed by atoms with Crippen molar-refractivity contribution in [3.8, 4) is 0 Å². The molecular formula is C73H136N2O21. The van der Waals surface area contributed by atoms with Crippen LogP contribution in [0.5, 0.6) is 0 Å². The Labute approximate surface area is 575 Å². The van der Waals surface area contributed by atoms with Gasteiger partial charge in [0.15, 0.2) is 12.6 Å². The molecule has 18 unspecified atom stereocenters. The topological polar surface area (TPSA) is 373 Å². The zero-order valence-corrected chi connectivity index (χ0v) is 59.2. The largest absolute Gasteiger partial charge is 0.477 e. The highest BCUT2D eigenvalue weighted by atomic mass is 16.8. The lowest BCUT2D eigenvalue weighted by molar-refractivity contribution is -0.386. The summed E-state index contributed by atoms with van der Waals surface area (Å²) < 4.78 is 34.9. The van der Waals surface area contributed by atoms with Gasteiger partial charge in [0.05, 0.1) is 50.7 Å². The number of hydrogen-bond donors (Lipinski definition) is 14. The van der Waals surface area contributed by atoms with Gasteiger partial charge in [0.1, 0.15) is 67.1 Å². The van der Waals surface area contributed by atoms with Crippen LogP contribution in [-0.2, 0) is 42.8 Å². The van der Waals surface area contributed by atoms with Gasteiger partial charge in [0.25, 0.3) is 5.79 Å². The first-order chi connectivity index (χ1) is 46.4. The molecule has 23 heteroatoms. The minimum atomic E-state index is -3.08. The number of carbonyl (C=O) groups is 3. The second kappa shape index (κ2) is 53.3. The minimum absolute atomic E-state index is 0.205. The van der Waals surface area contributed by atoms with Crippen LogP contribution in [0.4, 0.5) is 0 Å². The first kappa shape index (κ1) is 87.7. The number of aliphatic hydroxyl groups is 11. The van der Waals surface area contributed by atoms with E-state index < -0.39 is 155 Å². The van der Waals surface area contributed by atoms with Crippen LogP contribution in [0.15, 0.2) is 12.2 Å². The fraction of sp³-hybridized carbons (Fsp3) is 0.932. The zero-order valence-electron chi connectivity index (χ0n) is 59.2. The molecule has 96 heavy (non-hydrogen) atoms. The van der Waals surface area contributed by atoms with Crippen molar-refractivity contribution < 1.29 is 104 Å². The number of aliphatic carboxylic acids is 1. The van der Waals surface area contributed by atoms with Gasteiger partial charge in [-0.2, -0.15) is 0 Å². The minimum Gasteiger partial charge on any atom is -0.477 e. The molecule has 3 rings (SSSR count). The van der Waals surface area contributed by atoms with Gasteiger partial charge in [-0.05, 0) is 19.3 Å². The molecule has 0 spiro atoms. The molecule has 0 radical (unpaired) electrons. The molecule has 14 N–H and O–H groups in total. The zero-order chi connectivity index (χ0) is 70.4. The monoisotopic (exact) mass is 1380 g/mol. The molecule has 2 amide bonds. The number of ether oxygens (including phenoxy) is 6. The van der Waals surface area contributed by atoms with E-state index in [0.29, 0.717) is 12.8 Å². The van der Waals surface area contributed by atoms with Gasteiger partial charge >= 0.3 is 5.97 Å². The van der Waals surface area contributed by atoms with Crippen LogP contribution >= 0.6 is 0 Å². The van der Waals surface area contributed by atoms with Gasteiger partial charge in [-0.1, -0.05) is 270 Å². The van der Waals surface area contributed by atoms with Crippen molar-refractivity contribution in [3.63, 3.8) is 0 Å².